The van der Waals surface area contributed by atoms with Gasteiger partial charge in [-0.2, -0.15) is 15.8 Å². The Hall–Kier alpha value is -1.47. The van der Waals surface area contributed by atoms with E-state index < -0.39 is 5.41 Å². The average Bonchev–Trinajstić information content (AvgIpc) is 2.01. The quantitative estimate of drug-likeness (QED) is 0.510. The summed E-state index contributed by atoms with van der Waals surface area (Å²) in [7, 11) is 5.09. The van der Waals surface area contributed by atoms with Gasteiger partial charge in [0, 0.05) is 0 Å². The number of nitriles is 3. The zero-order valence-electron chi connectivity index (χ0n) is 5.33. The van der Waals surface area contributed by atoms with Crippen LogP contribution in [0.5, 0.6) is 0 Å². The summed E-state index contributed by atoms with van der Waals surface area (Å²) < 4.78 is 0. The third kappa shape index (κ3) is 1.50. The molecule has 0 amide bonds. The molecule has 46 valence electrons. The molecule has 0 spiro atoms. The Morgan fingerprint density at radius 1 is 1.10 bits per heavy atom. The smallest absolute Gasteiger partial charge is 0.195 e. The maximum atomic E-state index is 8.36. The van der Waals surface area contributed by atoms with Crippen molar-refractivity contribution in [2.24, 2.45) is 5.41 Å². The number of hydrogen-bond acceptors (Lipinski definition) is 3. The summed E-state index contributed by atoms with van der Waals surface area (Å²) in [5.41, 5.74) is -1.53. The van der Waals surface area contributed by atoms with Crippen LogP contribution in [0.1, 0.15) is 6.42 Å². The standard InChI is InChI=1S/C6H4BN3/c7-2-1-6(3-8,4-9)5-10/h1-2H2. The van der Waals surface area contributed by atoms with Gasteiger partial charge in [-0.05, 0) is 6.42 Å². The van der Waals surface area contributed by atoms with Gasteiger partial charge in [0.25, 0.3) is 0 Å². The molecule has 0 heterocycles. The van der Waals surface area contributed by atoms with E-state index in [4.69, 9.17) is 23.6 Å². The van der Waals surface area contributed by atoms with Crippen LogP contribution in [-0.4, -0.2) is 7.85 Å². The molecular weight excluding hydrogens is 125 g/mol. The number of nitrogens with zero attached hydrogens (tertiary/aromatic N) is 3. The van der Waals surface area contributed by atoms with Crippen molar-refractivity contribution in [2.75, 3.05) is 0 Å². The Morgan fingerprint density at radius 3 is 1.60 bits per heavy atom. The summed E-state index contributed by atoms with van der Waals surface area (Å²) in [6.07, 6.45) is 0.283. The third-order valence-corrected chi connectivity index (χ3v) is 1.09. The Kier molecular flexibility index (Phi) is 3.02. The second-order valence-electron chi connectivity index (χ2n) is 1.78. The highest BCUT2D eigenvalue weighted by Gasteiger charge is 2.27. The molecule has 0 atom stereocenters. The zero-order valence-corrected chi connectivity index (χ0v) is 5.33. The minimum absolute atomic E-state index is 0.108. The fourth-order valence-electron chi connectivity index (χ4n) is 0.459. The predicted molar refractivity (Wildman–Crippen MR) is 34.5 cm³/mol. The van der Waals surface area contributed by atoms with Gasteiger partial charge in [0.15, 0.2) is 0 Å². The molecular formula is C6H4BN3. The first kappa shape index (κ1) is 8.53. The highest BCUT2D eigenvalue weighted by atomic mass is 14.4. The fourth-order valence-corrected chi connectivity index (χ4v) is 0.459. The van der Waals surface area contributed by atoms with Gasteiger partial charge in [-0.3, -0.25) is 0 Å². The molecule has 0 unspecified atom stereocenters. The van der Waals surface area contributed by atoms with Crippen molar-refractivity contribution >= 4 is 7.85 Å². The minimum atomic E-state index is -1.53. The topological polar surface area (TPSA) is 71.4 Å². The fraction of sp³-hybridized carbons (Fsp3) is 0.500. The van der Waals surface area contributed by atoms with Crippen molar-refractivity contribution in [2.45, 2.75) is 12.7 Å². The van der Waals surface area contributed by atoms with E-state index in [0.29, 0.717) is 0 Å². The largest absolute Gasteiger partial charge is 0.228 e. The van der Waals surface area contributed by atoms with Gasteiger partial charge in [0.1, 0.15) is 18.2 Å². The SMILES string of the molecule is [B]CCC(C#N)(C#N)C#N. The number of hydrogen-bond donors (Lipinski definition) is 0. The summed E-state index contributed by atoms with van der Waals surface area (Å²) in [5.74, 6) is 0. The Labute approximate surface area is 60.9 Å². The van der Waals surface area contributed by atoms with Crippen molar-refractivity contribution in [3.8, 4) is 18.2 Å². The molecule has 2 radical (unpaired) electrons. The summed E-state index contributed by atoms with van der Waals surface area (Å²) in [4.78, 5) is 0. The first-order valence-electron chi connectivity index (χ1n) is 2.68. The molecule has 0 aliphatic carbocycles. The Balaban J connectivity index is 4.45. The van der Waals surface area contributed by atoms with E-state index in [-0.39, 0.29) is 12.7 Å². The lowest BCUT2D eigenvalue weighted by atomic mass is 9.83. The molecule has 0 aromatic heterocycles. The Bertz CT molecular complexity index is 191. The summed E-state index contributed by atoms with van der Waals surface area (Å²) in [5, 5.41) is 25.1. The van der Waals surface area contributed by atoms with Gasteiger partial charge in [0.2, 0.25) is 5.41 Å². The van der Waals surface area contributed by atoms with E-state index >= 15 is 0 Å². The average molecular weight is 129 g/mol. The van der Waals surface area contributed by atoms with Crippen LogP contribution in [0, 0.1) is 39.4 Å². The van der Waals surface area contributed by atoms with E-state index in [1.54, 1.807) is 18.2 Å². The van der Waals surface area contributed by atoms with Gasteiger partial charge in [0.05, 0.1) is 7.85 Å². The molecule has 0 aliphatic heterocycles. The molecule has 0 fully saturated rings. The maximum Gasteiger partial charge on any atom is 0.228 e. The van der Waals surface area contributed by atoms with Crippen LogP contribution in [-0.2, 0) is 0 Å². The lowest BCUT2D eigenvalue weighted by Gasteiger charge is -2.04. The van der Waals surface area contributed by atoms with E-state index in [9.17, 15) is 0 Å². The van der Waals surface area contributed by atoms with Crippen molar-refractivity contribution in [1.29, 1.82) is 15.8 Å². The van der Waals surface area contributed by atoms with Crippen LogP contribution in [0.3, 0.4) is 0 Å². The van der Waals surface area contributed by atoms with Crippen LogP contribution in [0.25, 0.3) is 0 Å². The van der Waals surface area contributed by atoms with E-state index in [1.807, 2.05) is 0 Å². The maximum absolute atomic E-state index is 8.36. The highest BCUT2D eigenvalue weighted by Crippen LogP contribution is 2.19. The molecule has 0 aromatic carbocycles. The van der Waals surface area contributed by atoms with Crippen LogP contribution >= 0.6 is 0 Å². The van der Waals surface area contributed by atoms with Crippen molar-refractivity contribution in [3.63, 3.8) is 0 Å². The Morgan fingerprint density at radius 2 is 1.50 bits per heavy atom. The first-order valence-corrected chi connectivity index (χ1v) is 2.68. The van der Waals surface area contributed by atoms with Crippen LogP contribution in [0.2, 0.25) is 6.32 Å². The lowest BCUT2D eigenvalue weighted by Crippen LogP contribution is -2.12. The minimum Gasteiger partial charge on any atom is -0.195 e. The normalized spacial score (nSPS) is 8.90. The molecule has 0 bridgehead atoms. The lowest BCUT2D eigenvalue weighted by molar-refractivity contribution is 0.649. The monoisotopic (exact) mass is 129 g/mol. The van der Waals surface area contributed by atoms with Gasteiger partial charge in [-0.15, -0.1) is 0 Å². The molecule has 0 N–H and O–H groups in total. The molecule has 0 aromatic rings. The van der Waals surface area contributed by atoms with Crippen LogP contribution < -0.4 is 0 Å². The molecule has 4 heteroatoms. The van der Waals surface area contributed by atoms with Gasteiger partial charge in [-0.1, -0.05) is 6.32 Å². The summed E-state index contributed by atoms with van der Waals surface area (Å²) in [6.45, 7) is 0. The van der Waals surface area contributed by atoms with E-state index in [0.717, 1.165) is 0 Å². The van der Waals surface area contributed by atoms with Gasteiger partial charge in [-0.25, -0.2) is 0 Å². The molecule has 0 saturated carbocycles. The first-order chi connectivity index (χ1) is 4.74. The van der Waals surface area contributed by atoms with Gasteiger partial charge >= 0.3 is 0 Å². The third-order valence-electron chi connectivity index (χ3n) is 1.09. The second kappa shape index (κ2) is 3.54. The van der Waals surface area contributed by atoms with E-state index in [1.165, 1.54) is 0 Å². The molecule has 3 nitrogen and oxygen atoms in total. The van der Waals surface area contributed by atoms with Crippen LogP contribution in [0.15, 0.2) is 0 Å². The summed E-state index contributed by atoms with van der Waals surface area (Å²) in [6, 6.07) is 4.84. The van der Waals surface area contributed by atoms with Crippen molar-refractivity contribution < 1.29 is 0 Å². The molecule has 0 aliphatic rings. The highest BCUT2D eigenvalue weighted by molar-refractivity contribution is 6.08. The van der Waals surface area contributed by atoms with Crippen LogP contribution in [0.4, 0.5) is 0 Å². The summed E-state index contributed by atoms with van der Waals surface area (Å²) >= 11 is 0. The number of rotatable bonds is 2. The van der Waals surface area contributed by atoms with Gasteiger partial charge < -0.3 is 0 Å². The zero-order chi connectivity index (χ0) is 8.04. The molecule has 0 saturated heterocycles. The van der Waals surface area contributed by atoms with Crippen molar-refractivity contribution in [3.05, 3.63) is 0 Å². The van der Waals surface area contributed by atoms with Crippen molar-refractivity contribution in [1.82, 2.24) is 0 Å². The molecule has 0 rings (SSSR count). The second-order valence-corrected chi connectivity index (χ2v) is 1.78. The predicted octanol–water partition coefficient (Wildman–Crippen LogP) is 0.520. The molecule has 10 heavy (non-hydrogen) atoms. The van der Waals surface area contributed by atoms with E-state index in [2.05, 4.69) is 0 Å².